The van der Waals surface area contributed by atoms with Gasteiger partial charge < -0.3 is 10.1 Å². The van der Waals surface area contributed by atoms with Crippen LogP contribution < -0.4 is 5.32 Å². The molecule has 3 nitrogen and oxygen atoms in total. The van der Waals surface area contributed by atoms with Crippen LogP contribution in [0.4, 0.5) is 0 Å². The molecule has 20 heavy (non-hydrogen) atoms. The van der Waals surface area contributed by atoms with Gasteiger partial charge in [-0.2, -0.15) is 0 Å². The maximum absolute atomic E-state index is 11.7. The van der Waals surface area contributed by atoms with Crippen LogP contribution in [0.2, 0.25) is 5.02 Å². The van der Waals surface area contributed by atoms with Gasteiger partial charge in [-0.05, 0) is 44.9 Å². The summed E-state index contributed by atoms with van der Waals surface area (Å²) in [5.74, 6) is -0.229. The zero-order valence-corrected chi connectivity index (χ0v) is 13.5. The fraction of sp³-hybridized carbons (Fsp3) is 0.562. The molecule has 1 aromatic rings. The Morgan fingerprint density at radius 3 is 2.40 bits per heavy atom. The summed E-state index contributed by atoms with van der Waals surface area (Å²) < 4.78 is 5.30. The molecule has 0 spiro atoms. The quantitative estimate of drug-likeness (QED) is 0.803. The highest BCUT2D eigenvalue weighted by atomic mass is 35.5. The van der Waals surface area contributed by atoms with Gasteiger partial charge in [-0.1, -0.05) is 37.1 Å². The third-order valence-electron chi connectivity index (χ3n) is 2.76. The van der Waals surface area contributed by atoms with E-state index in [1.165, 1.54) is 0 Å². The topological polar surface area (TPSA) is 38.3 Å². The first-order chi connectivity index (χ1) is 9.31. The van der Waals surface area contributed by atoms with Crippen molar-refractivity contribution in [2.75, 3.05) is 6.54 Å². The molecule has 0 aliphatic carbocycles. The van der Waals surface area contributed by atoms with Crippen LogP contribution in [0.15, 0.2) is 24.3 Å². The minimum Gasteiger partial charge on any atom is -0.459 e. The van der Waals surface area contributed by atoms with Gasteiger partial charge in [0.25, 0.3) is 0 Å². The van der Waals surface area contributed by atoms with Crippen molar-refractivity contribution in [3.63, 3.8) is 0 Å². The average molecular weight is 298 g/mol. The first kappa shape index (κ1) is 17.0. The Bertz CT molecular complexity index is 423. The van der Waals surface area contributed by atoms with Gasteiger partial charge in [0.05, 0.1) is 6.54 Å². The predicted molar refractivity (Wildman–Crippen MR) is 82.9 cm³/mol. The summed E-state index contributed by atoms with van der Waals surface area (Å²) >= 11 is 5.90. The maximum Gasteiger partial charge on any atom is 0.320 e. The van der Waals surface area contributed by atoms with E-state index in [1.807, 2.05) is 45.0 Å². The lowest BCUT2D eigenvalue weighted by Crippen LogP contribution is -2.33. The number of halogens is 1. The molecule has 1 aromatic carbocycles. The van der Waals surface area contributed by atoms with Crippen LogP contribution in [-0.4, -0.2) is 18.1 Å². The summed E-state index contributed by atoms with van der Waals surface area (Å²) in [5, 5.41) is 3.98. The molecule has 0 aliphatic rings. The van der Waals surface area contributed by atoms with Crippen molar-refractivity contribution in [2.45, 2.75) is 52.2 Å². The van der Waals surface area contributed by atoms with Crippen molar-refractivity contribution < 1.29 is 9.53 Å². The van der Waals surface area contributed by atoms with Gasteiger partial charge in [-0.15, -0.1) is 0 Å². The highest BCUT2D eigenvalue weighted by molar-refractivity contribution is 6.30. The molecule has 0 aliphatic heterocycles. The Labute approximate surface area is 126 Å². The highest BCUT2D eigenvalue weighted by Gasteiger charge is 2.18. The molecule has 1 atom stereocenters. The van der Waals surface area contributed by atoms with Crippen molar-refractivity contribution in [2.24, 2.45) is 0 Å². The van der Waals surface area contributed by atoms with E-state index in [0.717, 1.165) is 23.4 Å². The van der Waals surface area contributed by atoms with Gasteiger partial charge in [0.15, 0.2) is 0 Å². The Hall–Kier alpha value is -1.06. The van der Waals surface area contributed by atoms with Crippen molar-refractivity contribution in [3.8, 4) is 0 Å². The Morgan fingerprint density at radius 1 is 1.30 bits per heavy atom. The van der Waals surface area contributed by atoms with E-state index in [1.54, 1.807) is 0 Å². The minimum absolute atomic E-state index is 0.143. The first-order valence-corrected chi connectivity index (χ1v) is 7.40. The van der Waals surface area contributed by atoms with E-state index in [-0.39, 0.29) is 18.6 Å². The zero-order chi connectivity index (χ0) is 15.2. The van der Waals surface area contributed by atoms with Crippen molar-refractivity contribution in [3.05, 3.63) is 34.9 Å². The van der Waals surface area contributed by atoms with Gasteiger partial charge in [0, 0.05) is 11.1 Å². The lowest BCUT2D eigenvalue weighted by atomic mass is 10.0. The van der Waals surface area contributed by atoms with E-state index < -0.39 is 5.60 Å². The summed E-state index contributed by atoms with van der Waals surface area (Å²) in [6.07, 6.45) is 2.00. The van der Waals surface area contributed by atoms with Crippen molar-refractivity contribution >= 4 is 17.6 Å². The van der Waals surface area contributed by atoms with Crippen LogP contribution >= 0.6 is 11.6 Å². The van der Waals surface area contributed by atoms with Crippen LogP contribution in [0.5, 0.6) is 0 Å². The third-order valence-corrected chi connectivity index (χ3v) is 3.01. The number of benzene rings is 1. The SMILES string of the molecule is CCCC(NCC(=O)OC(C)(C)C)c1ccc(Cl)cc1. The van der Waals surface area contributed by atoms with Gasteiger partial charge in [-0.3, -0.25) is 4.79 Å². The van der Waals surface area contributed by atoms with Gasteiger partial charge in [0.2, 0.25) is 0 Å². The number of hydrogen-bond acceptors (Lipinski definition) is 3. The zero-order valence-electron chi connectivity index (χ0n) is 12.7. The normalized spacial score (nSPS) is 13.1. The number of carbonyl (C=O) groups excluding carboxylic acids is 1. The molecule has 0 saturated carbocycles. The molecule has 0 bridgehead atoms. The monoisotopic (exact) mass is 297 g/mol. The summed E-state index contributed by atoms with van der Waals surface area (Å²) in [4.78, 5) is 11.7. The molecule has 112 valence electrons. The standard InChI is InChI=1S/C16H24ClNO2/c1-5-6-14(12-7-9-13(17)10-8-12)18-11-15(19)20-16(2,3)4/h7-10,14,18H,5-6,11H2,1-4H3. The van der Waals surface area contributed by atoms with Crippen molar-refractivity contribution in [1.29, 1.82) is 0 Å². The van der Waals surface area contributed by atoms with Gasteiger partial charge in [-0.25, -0.2) is 0 Å². The Kier molecular flexibility index (Phi) is 6.50. The number of esters is 1. The number of rotatable bonds is 6. The highest BCUT2D eigenvalue weighted by Crippen LogP contribution is 2.20. The van der Waals surface area contributed by atoms with Crippen LogP contribution in [0.25, 0.3) is 0 Å². The second-order valence-electron chi connectivity index (χ2n) is 5.86. The first-order valence-electron chi connectivity index (χ1n) is 7.02. The Balaban J connectivity index is 2.59. The van der Waals surface area contributed by atoms with E-state index in [4.69, 9.17) is 16.3 Å². The molecule has 0 radical (unpaired) electrons. The van der Waals surface area contributed by atoms with Gasteiger partial charge >= 0.3 is 5.97 Å². The number of carbonyl (C=O) groups is 1. The second kappa shape index (κ2) is 7.65. The summed E-state index contributed by atoms with van der Waals surface area (Å²) in [7, 11) is 0. The summed E-state index contributed by atoms with van der Waals surface area (Å²) in [5.41, 5.74) is 0.694. The molecule has 4 heteroatoms. The predicted octanol–water partition coefficient (Wildman–Crippen LogP) is 4.11. The molecule has 0 fully saturated rings. The lowest BCUT2D eigenvalue weighted by Gasteiger charge is -2.22. The van der Waals surface area contributed by atoms with E-state index >= 15 is 0 Å². The molecular formula is C16H24ClNO2. The largest absolute Gasteiger partial charge is 0.459 e. The number of nitrogens with one attached hydrogen (secondary N) is 1. The van der Waals surface area contributed by atoms with Crippen LogP contribution in [0.1, 0.15) is 52.1 Å². The average Bonchev–Trinajstić information content (AvgIpc) is 2.33. The smallest absolute Gasteiger partial charge is 0.320 e. The van der Waals surface area contributed by atoms with E-state index in [0.29, 0.717) is 0 Å². The number of ether oxygens (including phenoxy) is 1. The fourth-order valence-electron chi connectivity index (χ4n) is 1.95. The maximum atomic E-state index is 11.7. The molecule has 0 saturated heterocycles. The Morgan fingerprint density at radius 2 is 1.90 bits per heavy atom. The second-order valence-corrected chi connectivity index (χ2v) is 6.30. The van der Waals surface area contributed by atoms with E-state index in [2.05, 4.69) is 12.2 Å². The summed E-state index contributed by atoms with van der Waals surface area (Å²) in [6.45, 7) is 7.94. The molecular weight excluding hydrogens is 274 g/mol. The molecule has 1 unspecified atom stereocenters. The number of hydrogen-bond donors (Lipinski definition) is 1. The molecule has 1 N–H and O–H groups in total. The van der Waals surface area contributed by atoms with Crippen LogP contribution in [-0.2, 0) is 9.53 Å². The van der Waals surface area contributed by atoms with Crippen LogP contribution in [0, 0.1) is 0 Å². The molecule has 0 aromatic heterocycles. The van der Waals surface area contributed by atoms with Gasteiger partial charge in [0.1, 0.15) is 5.60 Å². The third kappa shape index (κ3) is 6.40. The van der Waals surface area contributed by atoms with E-state index in [9.17, 15) is 4.79 Å². The molecule has 1 rings (SSSR count). The minimum atomic E-state index is -0.445. The van der Waals surface area contributed by atoms with Crippen molar-refractivity contribution in [1.82, 2.24) is 5.32 Å². The molecule has 0 heterocycles. The molecule has 0 amide bonds. The fourth-order valence-corrected chi connectivity index (χ4v) is 2.08. The summed E-state index contributed by atoms with van der Waals surface area (Å²) in [6, 6.07) is 7.86. The van der Waals surface area contributed by atoms with Crippen LogP contribution in [0.3, 0.4) is 0 Å². The lowest BCUT2D eigenvalue weighted by molar-refractivity contribution is -0.153.